The summed E-state index contributed by atoms with van der Waals surface area (Å²) in [6, 6.07) is 4.72. The number of sulfonamides is 1. The molecule has 0 aliphatic rings. The summed E-state index contributed by atoms with van der Waals surface area (Å²) in [5, 5.41) is 0.224. The average molecular weight is 339 g/mol. The van der Waals surface area contributed by atoms with Gasteiger partial charge in [0.1, 0.15) is 4.90 Å². The fourth-order valence-electron chi connectivity index (χ4n) is 1.15. The standard InChI is InChI=1S/C10H15BrN2O2S2/c1-7(16-2)6-13-17(14,15)10-4-3-8(11)5-9(10)12/h3-5,7,13H,6,12H2,1-2H3. The highest BCUT2D eigenvalue weighted by molar-refractivity contribution is 9.10. The van der Waals surface area contributed by atoms with Crippen LogP contribution in [0.1, 0.15) is 6.92 Å². The van der Waals surface area contributed by atoms with E-state index in [1.165, 1.54) is 6.07 Å². The third-order valence-corrected chi connectivity index (χ3v) is 5.19. The van der Waals surface area contributed by atoms with Crippen molar-refractivity contribution in [3.8, 4) is 0 Å². The lowest BCUT2D eigenvalue weighted by molar-refractivity contribution is 0.582. The van der Waals surface area contributed by atoms with E-state index < -0.39 is 10.0 Å². The Balaban J connectivity index is 2.90. The molecule has 4 nitrogen and oxygen atoms in total. The number of anilines is 1. The third-order valence-electron chi connectivity index (χ3n) is 2.22. The van der Waals surface area contributed by atoms with Crippen LogP contribution in [0.3, 0.4) is 0 Å². The molecule has 0 fully saturated rings. The molecule has 7 heteroatoms. The molecule has 96 valence electrons. The van der Waals surface area contributed by atoms with Gasteiger partial charge in [0.2, 0.25) is 10.0 Å². The summed E-state index contributed by atoms with van der Waals surface area (Å²) in [5.41, 5.74) is 5.93. The second-order valence-electron chi connectivity index (χ2n) is 3.58. The van der Waals surface area contributed by atoms with Gasteiger partial charge in [0.05, 0.1) is 5.69 Å². The van der Waals surface area contributed by atoms with Crippen LogP contribution < -0.4 is 10.5 Å². The zero-order valence-electron chi connectivity index (χ0n) is 9.60. The highest BCUT2D eigenvalue weighted by Gasteiger charge is 2.17. The molecule has 0 radical (unpaired) electrons. The van der Waals surface area contributed by atoms with Gasteiger partial charge in [0, 0.05) is 16.3 Å². The summed E-state index contributed by atoms with van der Waals surface area (Å²) >= 11 is 4.84. The van der Waals surface area contributed by atoms with Gasteiger partial charge < -0.3 is 5.73 Å². The van der Waals surface area contributed by atoms with E-state index in [0.29, 0.717) is 6.54 Å². The highest BCUT2D eigenvalue weighted by atomic mass is 79.9. The van der Waals surface area contributed by atoms with Gasteiger partial charge in [-0.25, -0.2) is 13.1 Å². The number of nitrogens with two attached hydrogens (primary N) is 1. The lowest BCUT2D eigenvalue weighted by Crippen LogP contribution is -2.30. The van der Waals surface area contributed by atoms with Crippen molar-refractivity contribution >= 4 is 43.4 Å². The maximum Gasteiger partial charge on any atom is 0.242 e. The Morgan fingerprint density at radius 2 is 2.18 bits per heavy atom. The predicted octanol–water partition coefficient (Wildman–Crippen LogP) is 2.06. The molecule has 0 aliphatic carbocycles. The first kappa shape index (κ1) is 14.8. The largest absolute Gasteiger partial charge is 0.398 e. The van der Waals surface area contributed by atoms with Crippen LogP contribution in [-0.4, -0.2) is 26.5 Å². The van der Waals surface area contributed by atoms with E-state index in [9.17, 15) is 8.42 Å². The highest BCUT2D eigenvalue weighted by Crippen LogP contribution is 2.22. The molecule has 0 aromatic heterocycles. The Kier molecular flexibility index (Phi) is 5.30. The second kappa shape index (κ2) is 6.08. The normalized spacial score (nSPS) is 13.6. The molecule has 0 bridgehead atoms. The van der Waals surface area contributed by atoms with Crippen LogP contribution in [0.25, 0.3) is 0 Å². The molecule has 17 heavy (non-hydrogen) atoms. The van der Waals surface area contributed by atoms with Crippen LogP contribution in [0.2, 0.25) is 0 Å². The van der Waals surface area contributed by atoms with Crippen LogP contribution >= 0.6 is 27.7 Å². The molecular formula is C10H15BrN2O2S2. The minimum atomic E-state index is -3.52. The van der Waals surface area contributed by atoms with Crippen LogP contribution in [0.5, 0.6) is 0 Å². The lowest BCUT2D eigenvalue weighted by atomic mass is 10.3. The van der Waals surface area contributed by atoms with Gasteiger partial charge in [-0.05, 0) is 24.5 Å². The van der Waals surface area contributed by atoms with Crippen molar-refractivity contribution in [2.75, 3.05) is 18.5 Å². The van der Waals surface area contributed by atoms with Crippen molar-refractivity contribution in [2.24, 2.45) is 0 Å². The second-order valence-corrected chi connectivity index (χ2v) is 7.51. The van der Waals surface area contributed by atoms with E-state index in [1.54, 1.807) is 23.9 Å². The molecule has 3 N–H and O–H groups in total. The first-order valence-electron chi connectivity index (χ1n) is 4.94. The summed E-state index contributed by atoms with van der Waals surface area (Å²) in [6.07, 6.45) is 1.94. The van der Waals surface area contributed by atoms with Crippen molar-refractivity contribution in [1.82, 2.24) is 4.72 Å². The summed E-state index contributed by atoms with van der Waals surface area (Å²) in [7, 11) is -3.52. The quantitative estimate of drug-likeness (QED) is 0.806. The topological polar surface area (TPSA) is 72.2 Å². The fourth-order valence-corrected chi connectivity index (χ4v) is 3.13. The molecule has 0 amide bonds. The molecule has 0 spiro atoms. The van der Waals surface area contributed by atoms with Gasteiger partial charge in [0.25, 0.3) is 0 Å². The lowest BCUT2D eigenvalue weighted by Gasteiger charge is -2.12. The Morgan fingerprint density at radius 1 is 1.53 bits per heavy atom. The molecule has 0 saturated heterocycles. The van der Waals surface area contributed by atoms with Gasteiger partial charge in [-0.15, -0.1) is 0 Å². The van der Waals surface area contributed by atoms with Crippen molar-refractivity contribution in [3.05, 3.63) is 22.7 Å². The molecule has 1 aromatic carbocycles. The summed E-state index contributed by atoms with van der Waals surface area (Å²) in [6.45, 7) is 2.34. The number of benzene rings is 1. The Hall–Kier alpha value is -0.240. The van der Waals surface area contributed by atoms with Gasteiger partial charge in [-0.3, -0.25) is 0 Å². The van der Waals surface area contributed by atoms with Crippen LogP contribution in [0.4, 0.5) is 5.69 Å². The van der Waals surface area contributed by atoms with Gasteiger partial charge in [-0.2, -0.15) is 11.8 Å². The van der Waals surface area contributed by atoms with Gasteiger partial charge in [0.15, 0.2) is 0 Å². The van der Waals surface area contributed by atoms with Crippen molar-refractivity contribution in [1.29, 1.82) is 0 Å². The Morgan fingerprint density at radius 3 is 2.71 bits per heavy atom. The maximum atomic E-state index is 12.0. The average Bonchev–Trinajstić information content (AvgIpc) is 2.25. The van der Waals surface area contributed by atoms with Gasteiger partial charge in [-0.1, -0.05) is 22.9 Å². The number of hydrogen-bond donors (Lipinski definition) is 2. The Labute approximate surface area is 115 Å². The maximum absolute atomic E-state index is 12.0. The fraction of sp³-hybridized carbons (Fsp3) is 0.400. The molecule has 0 saturated carbocycles. The van der Waals surface area contributed by atoms with Gasteiger partial charge >= 0.3 is 0 Å². The van der Waals surface area contributed by atoms with E-state index in [2.05, 4.69) is 20.7 Å². The first-order chi connectivity index (χ1) is 7.86. The third kappa shape index (κ3) is 4.17. The van der Waals surface area contributed by atoms with E-state index in [4.69, 9.17) is 5.73 Å². The number of rotatable bonds is 5. The smallest absolute Gasteiger partial charge is 0.242 e. The van der Waals surface area contributed by atoms with E-state index in [-0.39, 0.29) is 15.8 Å². The van der Waals surface area contributed by atoms with E-state index in [1.807, 2.05) is 13.2 Å². The molecule has 1 atom stereocenters. The summed E-state index contributed by atoms with van der Waals surface area (Å²) in [5.74, 6) is 0. The molecule has 0 aliphatic heterocycles. The summed E-state index contributed by atoms with van der Waals surface area (Å²) < 4.78 is 27.2. The molecule has 1 unspecified atom stereocenters. The molecule has 0 heterocycles. The first-order valence-corrected chi connectivity index (χ1v) is 8.50. The van der Waals surface area contributed by atoms with Crippen molar-refractivity contribution in [3.63, 3.8) is 0 Å². The number of halogens is 1. The number of nitrogen functional groups attached to an aromatic ring is 1. The predicted molar refractivity (Wildman–Crippen MR) is 76.7 cm³/mol. The number of thioether (sulfide) groups is 1. The van der Waals surface area contributed by atoms with E-state index in [0.717, 1.165) is 4.47 Å². The Bertz CT molecular complexity index is 491. The van der Waals surface area contributed by atoms with E-state index >= 15 is 0 Å². The monoisotopic (exact) mass is 338 g/mol. The van der Waals surface area contributed by atoms with Crippen LogP contribution in [-0.2, 0) is 10.0 Å². The summed E-state index contributed by atoms with van der Waals surface area (Å²) in [4.78, 5) is 0.119. The number of hydrogen-bond acceptors (Lipinski definition) is 4. The molecule has 1 aromatic rings. The van der Waals surface area contributed by atoms with Crippen LogP contribution in [0.15, 0.2) is 27.6 Å². The minimum absolute atomic E-state index is 0.119. The minimum Gasteiger partial charge on any atom is -0.398 e. The molecular weight excluding hydrogens is 324 g/mol. The number of nitrogens with one attached hydrogen (secondary N) is 1. The SMILES string of the molecule is CSC(C)CNS(=O)(=O)c1ccc(Br)cc1N. The van der Waals surface area contributed by atoms with Crippen LogP contribution in [0, 0.1) is 0 Å². The van der Waals surface area contributed by atoms with Crippen molar-refractivity contribution in [2.45, 2.75) is 17.1 Å². The van der Waals surface area contributed by atoms with Crippen molar-refractivity contribution < 1.29 is 8.42 Å². The zero-order chi connectivity index (χ0) is 13.1. The zero-order valence-corrected chi connectivity index (χ0v) is 12.8. The molecule has 1 rings (SSSR count).